The van der Waals surface area contributed by atoms with Crippen LogP contribution < -0.4 is 9.64 Å². The Morgan fingerprint density at radius 1 is 1.11 bits per heavy atom. The van der Waals surface area contributed by atoms with E-state index < -0.39 is 0 Å². The highest BCUT2D eigenvalue weighted by molar-refractivity contribution is 5.94. The highest BCUT2D eigenvalue weighted by atomic mass is 16.5. The molecule has 0 bridgehead atoms. The molecule has 3 aromatic rings. The summed E-state index contributed by atoms with van der Waals surface area (Å²) in [6, 6.07) is 11.7. The van der Waals surface area contributed by atoms with Gasteiger partial charge in [0.25, 0.3) is 5.91 Å². The number of methoxy groups -OCH3 is 1. The largest absolute Gasteiger partial charge is 0.497 e. The monoisotopic (exact) mass is 363 g/mol. The van der Waals surface area contributed by atoms with Crippen molar-refractivity contribution in [1.29, 1.82) is 0 Å². The summed E-state index contributed by atoms with van der Waals surface area (Å²) in [6.45, 7) is 2.94. The van der Waals surface area contributed by atoms with Gasteiger partial charge in [-0.2, -0.15) is 0 Å². The van der Waals surface area contributed by atoms with Gasteiger partial charge >= 0.3 is 0 Å². The van der Waals surface area contributed by atoms with Gasteiger partial charge < -0.3 is 14.5 Å². The predicted molar refractivity (Wildman–Crippen MR) is 102 cm³/mol. The fourth-order valence-corrected chi connectivity index (χ4v) is 3.22. The number of ether oxygens (including phenoxy) is 1. The van der Waals surface area contributed by atoms with E-state index in [-0.39, 0.29) is 5.91 Å². The van der Waals surface area contributed by atoms with E-state index in [1.807, 2.05) is 41.4 Å². The van der Waals surface area contributed by atoms with Gasteiger partial charge in [-0.3, -0.25) is 9.36 Å². The molecule has 1 aliphatic heterocycles. The van der Waals surface area contributed by atoms with Crippen molar-refractivity contribution in [3.63, 3.8) is 0 Å². The Morgan fingerprint density at radius 2 is 1.96 bits per heavy atom. The van der Waals surface area contributed by atoms with Crippen molar-refractivity contribution in [2.75, 3.05) is 38.2 Å². The van der Waals surface area contributed by atoms with Crippen LogP contribution in [0.4, 0.5) is 5.69 Å². The zero-order valence-electron chi connectivity index (χ0n) is 15.2. The number of carbonyl (C=O) groups excluding carboxylic acids is 1. The Balaban J connectivity index is 1.39. The first-order valence-corrected chi connectivity index (χ1v) is 8.87. The fourth-order valence-electron chi connectivity index (χ4n) is 3.22. The molecule has 138 valence electrons. The van der Waals surface area contributed by atoms with Crippen LogP contribution in [0, 0.1) is 0 Å². The van der Waals surface area contributed by atoms with Crippen molar-refractivity contribution >= 4 is 11.6 Å². The molecule has 7 nitrogen and oxygen atoms in total. The summed E-state index contributed by atoms with van der Waals surface area (Å²) in [6.07, 6.45) is 6.83. The summed E-state index contributed by atoms with van der Waals surface area (Å²) in [5.74, 6) is 1.60. The zero-order chi connectivity index (χ0) is 18.6. The number of hydrogen-bond acceptors (Lipinski definition) is 5. The lowest BCUT2D eigenvalue weighted by molar-refractivity contribution is 0.0746. The molecule has 1 saturated heterocycles. The Hall–Kier alpha value is -3.35. The summed E-state index contributed by atoms with van der Waals surface area (Å²) in [7, 11) is 1.67. The second kappa shape index (κ2) is 7.49. The molecule has 0 unspecified atom stereocenters. The minimum Gasteiger partial charge on any atom is -0.497 e. The molecule has 27 heavy (non-hydrogen) atoms. The number of nitrogens with zero attached hydrogens (tertiary/aromatic N) is 5. The normalized spacial score (nSPS) is 14.3. The summed E-state index contributed by atoms with van der Waals surface area (Å²) in [4.78, 5) is 25.3. The number of pyridine rings is 1. The molecule has 0 saturated carbocycles. The van der Waals surface area contributed by atoms with Gasteiger partial charge in [-0.1, -0.05) is 6.07 Å². The number of rotatable bonds is 4. The Morgan fingerprint density at radius 3 is 2.63 bits per heavy atom. The van der Waals surface area contributed by atoms with E-state index in [1.54, 1.807) is 30.4 Å². The molecule has 0 atom stereocenters. The maximum Gasteiger partial charge on any atom is 0.255 e. The van der Waals surface area contributed by atoms with Crippen LogP contribution in [0.2, 0.25) is 0 Å². The SMILES string of the molecule is COc1cccc(N2CCN(C(=O)c3ccc(-n4ccnc4)nc3)CC2)c1. The second-order valence-corrected chi connectivity index (χ2v) is 6.36. The Bertz CT molecular complexity index is 900. The standard InChI is InChI=1S/C20H21N5O2/c1-27-18-4-2-3-17(13-18)23-9-11-24(12-10-23)20(26)16-5-6-19(22-14-16)25-8-7-21-15-25/h2-8,13-15H,9-12H2,1H3. The van der Waals surface area contributed by atoms with Gasteiger partial charge in [0, 0.05) is 56.5 Å². The summed E-state index contributed by atoms with van der Waals surface area (Å²) in [5, 5.41) is 0. The van der Waals surface area contributed by atoms with Crippen molar-refractivity contribution < 1.29 is 9.53 Å². The Kier molecular flexibility index (Phi) is 4.74. The van der Waals surface area contributed by atoms with Crippen LogP contribution in [0.5, 0.6) is 5.75 Å². The minimum atomic E-state index is 0.0185. The van der Waals surface area contributed by atoms with Crippen LogP contribution in [0.3, 0.4) is 0 Å². The number of anilines is 1. The van der Waals surface area contributed by atoms with Gasteiger partial charge in [0.2, 0.25) is 0 Å². The van der Waals surface area contributed by atoms with Gasteiger partial charge in [0.15, 0.2) is 0 Å². The number of amides is 1. The molecule has 4 rings (SSSR count). The first-order valence-electron chi connectivity index (χ1n) is 8.87. The molecular formula is C20H21N5O2. The number of hydrogen-bond donors (Lipinski definition) is 0. The van der Waals surface area contributed by atoms with Crippen molar-refractivity contribution in [3.8, 4) is 11.6 Å². The van der Waals surface area contributed by atoms with E-state index >= 15 is 0 Å². The highest BCUT2D eigenvalue weighted by Gasteiger charge is 2.22. The van der Waals surface area contributed by atoms with Crippen LogP contribution >= 0.6 is 0 Å². The maximum atomic E-state index is 12.8. The highest BCUT2D eigenvalue weighted by Crippen LogP contribution is 2.22. The smallest absolute Gasteiger partial charge is 0.255 e. The number of piperazine rings is 1. The second-order valence-electron chi connectivity index (χ2n) is 6.36. The molecule has 1 aromatic carbocycles. The zero-order valence-corrected chi connectivity index (χ0v) is 15.2. The number of benzene rings is 1. The van der Waals surface area contributed by atoms with E-state index in [1.165, 1.54) is 0 Å². The molecule has 1 amide bonds. The molecule has 2 aromatic heterocycles. The first kappa shape index (κ1) is 17.1. The average Bonchev–Trinajstić information content (AvgIpc) is 3.28. The summed E-state index contributed by atoms with van der Waals surface area (Å²) in [5.41, 5.74) is 1.72. The molecule has 1 fully saturated rings. The third-order valence-electron chi connectivity index (χ3n) is 4.75. The minimum absolute atomic E-state index is 0.0185. The lowest BCUT2D eigenvalue weighted by atomic mass is 10.2. The van der Waals surface area contributed by atoms with E-state index in [4.69, 9.17) is 4.74 Å². The predicted octanol–water partition coefficient (Wildman–Crippen LogP) is 2.24. The van der Waals surface area contributed by atoms with Crippen molar-refractivity contribution in [1.82, 2.24) is 19.4 Å². The summed E-state index contributed by atoms with van der Waals surface area (Å²) < 4.78 is 7.10. The van der Waals surface area contributed by atoms with Crippen LogP contribution in [0.1, 0.15) is 10.4 Å². The molecular weight excluding hydrogens is 342 g/mol. The van der Waals surface area contributed by atoms with E-state index in [0.29, 0.717) is 18.7 Å². The van der Waals surface area contributed by atoms with Crippen LogP contribution in [-0.2, 0) is 0 Å². The first-order chi connectivity index (χ1) is 13.2. The molecule has 0 aliphatic carbocycles. The molecule has 0 N–H and O–H groups in total. The van der Waals surface area contributed by atoms with Gasteiger partial charge in [0.05, 0.1) is 12.7 Å². The number of carbonyl (C=O) groups is 1. The quantitative estimate of drug-likeness (QED) is 0.711. The topological polar surface area (TPSA) is 63.5 Å². The summed E-state index contributed by atoms with van der Waals surface area (Å²) >= 11 is 0. The third kappa shape index (κ3) is 3.62. The van der Waals surface area contributed by atoms with E-state index in [2.05, 4.69) is 20.9 Å². The van der Waals surface area contributed by atoms with Gasteiger partial charge in [-0.05, 0) is 24.3 Å². The van der Waals surface area contributed by atoms with Crippen LogP contribution in [0.25, 0.3) is 5.82 Å². The number of imidazole rings is 1. The molecule has 1 aliphatic rings. The maximum absolute atomic E-state index is 12.8. The average molecular weight is 363 g/mol. The van der Waals surface area contributed by atoms with Crippen molar-refractivity contribution in [2.45, 2.75) is 0 Å². The van der Waals surface area contributed by atoms with E-state index in [9.17, 15) is 4.79 Å². The molecule has 7 heteroatoms. The van der Waals surface area contributed by atoms with Gasteiger partial charge in [-0.15, -0.1) is 0 Å². The fraction of sp³-hybridized carbons (Fsp3) is 0.250. The lowest BCUT2D eigenvalue weighted by Crippen LogP contribution is -2.48. The Labute approximate surface area is 157 Å². The number of aromatic nitrogens is 3. The van der Waals surface area contributed by atoms with Gasteiger partial charge in [0.1, 0.15) is 17.9 Å². The van der Waals surface area contributed by atoms with Crippen molar-refractivity contribution in [3.05, 3.63) is 66.9 Å². The lowest BCUT2D eigenvalue weighted by Gasteiger charge is -2.36. The van der Waals surface area contributed by atoms with Crippen molar-refractivity contribution in [2.24, 2.45) is 0 Å². The van der Waals surface area contributed by atoms with E-state index in [0.717, 1.165) is 30.3 Å². The molecule has 0 spiro atoms. The van der Waals surface area contributed by atoms with Crippen LogP contribution in [-0.4, -0.2) is 58.6 Å². The molecule has 3 heterocycles. The third-order valence-corrected chi connectivity index (χ3v) is 4.75. The molecule has 0 radical (unpaired) electrons. The van der Waals surface area contributed by atoms with Crippen LogP contribution in [0.15, 0.2) is 61.3 Å². The van der Waals surface area contributed by atoms with Gasteiger partial charge in [-0.25, -0.2) is 9.97 Å².